The van der Waals surface area contributed by atoms with Crippen molar-refractivity contribution < 1.29 is 38.1 Å². The molecule has 0 fully saturated rings. The number of hydrogen-bond acceptors (Lipinski definition) is 8. The fraction of sp³-hybridized carbons (Fsp3) is 0.133. The molecule has 0 aliphatic heterocycles. The number of hydrogen-bond donors (Lipinski definition) is 4. The average Bonchev–Trinajstić information content (AvgIpc) is 2.95. The van der Waals surface area contributed by atoms with Gasteiger partial charge in [-0.1, -0.05) is 35.4 Å². The van der Waals surface area contributed by atoms with Crippen LogP contribution in [0.3, 0.4) is 0 Å². The minimum absolute atomic E-state index is 0.0404. The van der Waals surface area contributed by atoms with E-state index in [9.17, 15) is 18.9 Å². The number of rotatable bonds is 12. The second-order valence-corrected chi connectivity index (χ2v) is 10.2. The molecule has 1 atom stereocenters. The third-order valence-electron chi connectivity index (χ3n) is 5.98. The number of carboxylic acid groups (broad SMARTS) is 1. The van der Waals surface area contributed by atoms with Gasteiger partial charge in [0.2, 0.25) is 11.1 Å². The van der Waals surface area contributed by atoms with Crippen molar-refractivity contribution in [2.24, 2.45) is 0 Å². The van der Waals surface area contributed by atoms with Crippen LogP contribution in [0.4, 0.5) is 11.4 Å². The fourth-order valence-electron chi connectivity index (χ4n) is 3.89. The van der Waals surface area contributed by atoms with Crippen molar-refractivity contribution in [2.45, 2.75) is 32.0 Å². The normalized spacial score (nSPS) is 11.5. The van der Waals surface area contributed by atoms with E-state index in [2.05, 4.69) is 15.7 Å². The minimum Gasteiger partial charge on any atom is -0.478 e. The summed E-state index contributed by atoms with van der Waals surface area (Å²) in [5, 5.41) is 20.9. The van der Waals surface area contributed by atoms with Crippen LogP contribution in [-0.4, -0.2) is 26.4 Å². The Morgan fingerprint density at radius 2 is 1.44 bits per heavy atom. The van der Waals surface area contributed by atoms with Gasteiger partial charge in [0.15, 0.2) is 0 Å². The predicted octanol–water partition coefficient (Wildman–Crippen LogP) is 5.89. The molecule has 1 amide bonds. The fourth-order valence-corrected chi connectivity index (χ4v) is 4.63. The molecule has 11 heteroatoms. The Labute approximate surface area is 239 Å². The second-order valence-electron chi connectivity index (χ2n) is 9.11. The maximum atomic E-state index is 12.7. The monoisotopic (exact) mass is 576 g/mol. The summed E-state index contributed by atoms with van der Waals surface area (Å²) in [5.41, 5.74) is 7.28. The predicted molar refractivity (Wildman–Crippen MR) is 153 cm³/mol. The number of anilines is 2. The molecule has 0 bridgehead atoms. The summed E-state index contributed by atoms with van der Waals surface area (Å²) >= 11 is -1.82. The third-order valence-corrected chi connectivity index (χ3v) is 6.98. The molecule has 4 N–H and O–H groups in total. The number of aromatic carboxylic acids is 1. The Morgan fingerprint density at radius 3 is 2.12 bits per heavy atom. The Morgan fingerprint density at radius 1 is 0.780 bits per heavy atom. The highest BCUT2D eigenvalue weighted by Crippen LogP contribution is 2.22. The number of amides is 1. The summed E-state index contributed by atoms with van der Waals surface area (Å²) in [6.07, 6.45) is 0. The standard InChI is InChI=1S/C30H28N2O8S/c1-19-3-5-21(22(15-19)18-39-36)17-38-32-24-6-10-25(11-7-24)40-41(37)26-12-8-23(9-13-26)31-29(33)27-14-4-20(2)16-28(27)30(34)35/h3-16,32,36H,17-18H2,1-2H3,(H,31,33)(H,34,35). The van der Waals surface area contributed by atoms with Crippen molar-refractivity contribution in [3.05, 3.63) is 118 Å². The van der Waals surface area contributed by atoms with Gasteiger partial charge >= 0.3 is 5.97 Å². The van der Waals surface area contributed by atoms with E-state index >= 15 is 0 Å². The van der Waals surface area contributed by atoms with Gasteiger partial charge in [0.05, 0.1) is 28.3 Å². The highest BCUT2D eigenvalue weighted by atomic mass is 32.2. The van der Waals surface area contributed by atoms with Crippen LogP contribution >= 0.6 is 0 Å². The van der Waals surface area contributed by atoms with Crippen LogP contribution in [0.2, 0.25) is 0 Å². The molecule has 0 spiro atoms. The average molecular weight is 577 g/mol. The van der Waals surface area contributed by atoms with E-state index in [1.807, 2.05) is 25.1 Å². The molecule has 1 unspecified atom stereocenters. The van der Waals surface area contributed by atoms with Crippen LogP contribution in [0.25, 0.3) is 0 Å². The van der Waals surface area contributed by atoms with Crippen molar-refractivity contribution in [3.8, 4) is 5.75 Å². The number of aryl methyl sites for hydroxylation is 2. The van der Waals surface area contributed by atoms with Gasteiger partial charge < -0.3 is 14.6 Å². The first-order valence-electron chi connectivity index (χ1n) is 12.4. The summed E-state index contributed by atoms with van der Waals surface area (Å²) in [6.45, 7) is 3.99. The first-order valence-corrected chi connectivity index (χ1v) is 13.5. The molecule has 41 heavy (non-hydrogen) atoms. The van der Waals surface area contributed by atoms with Crippen LogP contribution in [0, 0.1) is 13.8 Å². The Bertz CT molecular complexity index is 1560. The summed E-state index contributed by atoms with van der Waals surface area (Å²) in [5.74, 6) is -1.39. The van der Waals surface area contributed by atoms with Crippen molar-refractivity contribution >= 4 is 34.3 Å². The summed E-state index contributed by atoms with van der Waals surface area (Å²) < 4.78 is 18.3. The Kier molecular flexibility index (Phi) is 9.82. The molecule has 4 aromatic carbocycles. The molecule has 0 aliphatic carbocycles. The van der Waals surface area contributed by atoms with Crippen molar-refractivity contribution in [1.29, 1.82) is 0 Å². The number of benzene rings is 4. The summed E-state index contributed by atoms with van der Waals surface area (Å²) in [7, 11) is 0. The van der Waals surface area contributed by atoms with Crippen LogP contribution in [0.1, 0.15) is 43.0 Å². The first kappa shape index (κ1) is 29.4. The van der Waals surface area contributed by atoms with Crippen molar-refractivity contribution in [3.63, 3.8) is 0 Å². The number of nitrogens with one attached hydrogen (secondary N) is 2. The summed E-state index contributed by atoms with van der Waals surface area (Å²) in [4.78, 5) is 34.4. The summed E-state index contributed by atoms with van der Waals surface area (Å²) in [6, 6.07) is 23.2. The highest BCUT2D eigenvalue weighted by molar-refractivity contribution is 7.80. The van der Waals surface area contributed by atoms with E-state index in [4.69, 9.17) is 14.3 Å². The van der Waals surface area contributed by atoms with Gasteiger partial charge in [0.1, 0.15) is 12.4 Å². The van der Waals surface area contributed by atoms with Gasteiger partial charge in [-0.15, -0.1) is 0 Å². The van der Waals surface area contributed by atoms with Gasteiger partial charge in [0, 0.05) is 5.69 Å². The zero-order chi connectivity index (χ0) is 29.4. The van der Waals surface area contributed by atoms with E-state index in [0.29, 0.717) is 22.0 Å². The maximum Gasteiger partial charge on any atom is 0.336 e. The van der Waals surface area contributed by atoms with Crippen LogP contribution in [-0.2, 0) is 34.0 Å². The lowest BCUT2D eigenvalue weighted by Crippen LogP contribution is -2.16. The lowest BCUT2D eigenvalue weighted by molar-refractivity contribution is -0.253. The first-order chi connectivity index (χ1) is 19.7. The second kappa shape index (κ2) is 13.7. The van der Waals surface area contributed by atoms with Gasteiger partial charge in [-0.25, -0.2) is 13.9 Å². The Balaban J connectivity index is 1.30. The van der Waals surface area contributed by atoms with Gasteiger partial charge in [-0.05, 0) is 85.6 Å². The molecular formula is C30H28N2O8S. The van der Waals surface area contributed by atoms with Crippen molar-refractivity contribution in [2.75, 3.05) is 10.8 Å². The smallest absolute Gasteiger partial charge is 0.336 e. The number of carbonyl (C=O) groups excluding carboxylic acids is 1. The zero-order valence-electron chi connectivity index (χ0n) is 22.2. The molecule has 0 aliphatic rings. The molecule has 10 nitrogen and oxygen atoms in total. The molecule has 4 rings (SSSR count). The topological polar surface area (TPSA) is 143 Å². The quantitative estimate of drug-likeness (QED) is 0.120. The third kappa shape index (κ3) is 7.99. The van der Waals surface area contributed by atoms with Gasteiger partial charge in [-0.3, -0.25) is 20.4 Å². The van der Waals surface area contributed by atoms with E-state index in [1.165, 1.54) is 12.1 Å². The lowest BCUT2D eigenvalue weighted by atomic mass is 10.0. The van der Waals surface area contributed by atoms with E-state index in [0.717, 1.165) is 22.3 Å². The van der Waals surface area contributed by atoms with Gasteiger partial charge in [-0.2, -0.15) is 0 Å². The molecule has 0 saturated heterocycles. The maximum absolute atomic E-state index is 12.7. The largest absolute Gasteiger partial charge is 0.478 e. The molecule has 0 radical (unpaired) electrons. The van der Waals surface area contributed by atoms with Crippen LogP contribution < -0.4 is 15.0 Å². The van der Waals surface area contributed by atoms with E-state index in [-0.39, 0.29) is 24.3 Å². The van der Waals surface area contributed by atoms with Gasteiger partial charge in [0.25, 0.3) is 5.91 Å². The van der Waals surface area contributed by atoms with Crippen LogP contribution in [0.15, 0.2) is 89.8 Å². The van der Waals surface area contributed by atoms with E-state index < -0.39 is 23.0 Å². The molecule has 212 valence electrons. The SMILES string of the molecule is Cc1ccc(CONc2ccc(OS(=O)c3ccc(NC(=O)c4ccc(C)cc4C(=O)O)cc3)cc2)c(COO)c1. The molecule has 0 aromatic heterocycles. The van der Waals surface area contributed by atoms with E-state index in [1.54, 1.807) is 61.5 Å². The van der Waals surface area contributed by atoms with Crippen molar-refractivity contribution in [1.82, 2.24) is 0 Å². The number of carbonyl (C=O) groups is 2. The molecular weight excluding hydrogens is 548 g/mol. The molecule has 0 saturated carbocycles. The van der Waals surface area contributed by atoms with Crippen LogP contribution in [0.5, 0.6) is 5.75 Å². The minimum atomic E-state index is -1.82. The zero-order valence-corrected chi connectivity index (χ0v) is 23.1. The Hall–Kier alpha value is -4.55. The molecule has 4 aromatic rings. The number of carboxylic acids is 1. The molecule has 0 heterocycles. The highest BCUT2D eigenvalue weighted by Gasteiger charge is 2.17. The lowest BCUT2D eigenvalue weighted by Gasteiger charge is -2.12.